The summed E-state index contributed by atoms with van der Waals surface area (Å²) in [5.41, 5.74) is 0.842. The number of H-pyrrole nitrogens is 1. The Morgan fingerprint density at radius 1 is 1.61 bits per heavy atom. The number of hydrogen-bond donors (Lipinski definition) is 1. The largest absolute Gasteiger partial charge is 1.00 e. The third-order valence-electron chi connectivity index (χ3n) is 2.23. The van der Waals surface area contributed by atoms with E-state index in [4.69, 9.17) is 4.74 Å². The highest BCUT2D eigenvalue weighted by Gasteiger charge is 2.19. The van der Waals surface area contributed by atoms with Gasteiger partial charge in [0.2, 0.25) is 6.54 Å². The number of aromatic nitrogens is 4. The molecular formula is C10H13ClN4O3. The van der Waals surface area contributed by atoms with Gasteiger partial charge in [-0.2, -0.15) is 0 Å². The van der Waals surface area contributed by atoms with Gasteiger partial charge in [0.05, 0.1) is 6.61 Å². The fourth-order valence-corrected chi connectivity index (χ4v) is 1.60. The minimum atomic E-state index is -0.418. The molecule has 0 radical (unpaired) electrons. The van der Waals surface area contributed by atoms with E-state index in [9.17, 15) is 9.59 Å². The number of hydrogen-bond acceptors (Lipinski definition) is 4. The molecular weight excluding hydrogens is 260 g/mol. The summed E-state index contributed by atoms with van der Waals surface area (Å²) in [5.74, 6) is -0.418. The Kier molecular flexibility index (Phi) is 4.43. The van der Waals surface area contributed by atoms with Gasteiger partial charge in [-0.1, -0.05) is 4.68 Å². The molecule has 0 spiro atoms. The summed E-state index contributed by atoms with van der Waals surface area (Å²) < 4.78 is 7.61. The molecule has 0 atom stereocenters. The van der Waals surface area contributed by atoms with Gasteiger partial charge < -0.3 is 17.1 Å². The Morgan fingerprint density at radius 2 is 2.33 bits per heavy atom. The van der Waals surface area contributed by atoms with Crippen molar-refractivity contribution in [3.63, 3.8) is 0 Å². The van der Waals surface area contributed by atoms with Crippen LogP contribution >= 0.6 is 0 Å². The second-order valence-electron chi connectivity index (χ2n) is 3.59. The van der Waals surface area contributed by atoms with E-state index in [-0.39, 0.29) is 24.4 Å². The molecule has 0 aliphatic rings. The molecule has 0 aliphatic carbocycles. The molecule has 0 unspecified atom stereocenters. The number of nitrogens with one attached hydrogen (secondary N) is 1. The molecule has 2 aromatic rings. The lowest BCUT2D eigenvalue weighted by Gasteiger charge is -1.97. The molecule has 98 valence electrons. The van der Waals surface area contributed by atoms with Crippen LogP contribution in [-0.2, 0) is 16.1 Å². The second-order valence-corrected chi connectivity index (χ2v) is 3.59. The molecule has 18 heavy (non-hydrogen) atoms. The monoisotopic (exact) mass is 272 g/mol. The van der Waals surface area contributed by atoms with Crippen molar-refractivity contribution in [2.75, 3.05) is 6.61 Å². The zero-order valence-electron chi connectivity index (χ0n) is 10.0. The third-order valence-corrected chi connectivity index (χ3v) is 2.23. The predicted octanol–water partition coefficient (Wildman–Crippen LogP) is -3.81. The first kappa shape index (κ1) is 14.2. The van der Waals surface area contributed by atoms with Gasteiger partial charge in [-0.15, -0.1) is 4.52 Å². The Balaban J connectivity index is 0.00000162. The number of esters is 1. The molecule has 2 heterocycles. The van der Waals surface area contributed by atoms with Crippen LogP contribution in [0.25, 0.3) is 5.65 Å². The minimum Gasteiger partial charge on any atom is -1.00 e. The number of halogens is 1. The number of ether oxygens (including phenoxy) is 1. The summed E-state index contributed by atoms with van der Waals surface area (Å²) in [6, 6.07) is 1.46. The lowest BCUT2D eigenvalue weighted by Crippen LogP contribution is -3.00. The zero-order valence-corrected chi connectivity index (χ0v) is 10.8. The molecule has 1 N–H and O–H groups in total. The topological polar surface area (TPSA) is 81.1 Å². The summed E-state index contributed by atoms with van der Waals surface area (Å²) in [6.45, 7) is 3.73. The van der Waals surface area contributed by atoms with Gasteiger partial charge in [0.1, 0.15) is 0 Å². The second kappa shape index (κ2) is 5.63. The van der Waals surface area contributed by atoms with Crippen molar-refractivity contribution in [2.45, 2.75) is 20.4 Å². The molecule has 2 rings (SSSR count). The van der Waals surface area contributed by atoms with Crippen LogP contribution in [0, 0.1) is 6.92 Å². The van der Waals surface area contributed by atoms with E-state index in [2.05, 4.69) is 10.2 Å². The first-order valence-corrected chi connectivity index (χ1v) is 5.24. The smallest absolute Gasteiger partial charge is 0.344 e. The zero-order chi connectivity index (χ0) is 12.4. The molecule has 8 heteroatoms. The lowest BCUT2D eigenvalue weighted by molar-refractivity contribution is -0.582. The number of rotatable bonds is 3. The minimum absolute atomic E-state index is 0. The van der Waals surface area contributed by atoms with Crippen molar-refractivity contribution in [3.05, 3.63) is 28.3 Å². The van der Waals surface area contributed by atoms with Crippen LogP contribution in [0.4, 0.5) is 0 Å². The van der Waals surface area contributed by atoms with Crippen molar-refractivity contribution in [1.82, 2.24) is 14.9 Å². The molecule has 0 fully saturated rings. The molecule has 0 aliphatic heterocycles. The molecule has 0 amide bonds. The summed E-state index contributed by atoms with van der Waals surface area (Å²) in [4.78, 5) is 23.1. The van der Waals surface area contributed by atoms with Crippen molar-refractivity contribution in [1.29, 1.82) is 0 Å². The van der Waals surface area contributed by atoms with Gasteiger partial charge >= 0.3 is 11.6 Å². The molecule has 0 saturated heterocycles. The summed E-state index contributed by atoms with van der Waals surface area (Å²) in [7, 11) is 0. The number of carbonyl (C=O) groups excluding carboxylic acids is 1. The van der Waals surface area contributed by atoms with E-state index < -0.39 is 5.97 Å². The third kappa shape index (κ3) is 2.67. The van der Waals surface area contributed by atoms with Crippen molar-refractivity contribution < 1.29 is 26.5 Å². The first-order chi connectivity index (χ1) is 8.11. The number of aryl methyl sites for hydroxylation is 1. The number of aromatic amines is 1. The van der Waals surface area contributed by atoms with E-state index in [1.165, 1.54) is 21.6 Å². The summed E-state index contributed by atoms with van der Waals surface area (Å²) in [5, 5.41) is 6.90. The molecule has 0 bridgehead atoms. The number of carbonyl (C=O) groups is 1. The molecule has 0 saturated carbocycles. The van der Waals surface area contributed by atoms with Crippen molar-refractivity contribution >= 4 is 11.6 Å². The maximum absolute atomic E-state index is 11.8. The van der Waals surface area contributed by atoms with Gasteiger partial charge in [-0.25, -0.2) is 9.89 Å². The standard InChI is InChI=1S/C10H12N4O3.ClH/c1-3-17-9(16)5-13-10-8(15)4-7(2)12-14(10)6-11-13;/h4,6H,3,5H2,1-2H3;1H. The number of nitrogens with zero attached hydrogens (tertiary/aromatic N) is 3. The Morgan fingerprint density at radius 3 is 3.00 bits per heavy atom. The first-order valence-electron chi connectivity index (χ1n) is 5.24. The Bertz CT molecular complexity index is 619. The van der Waals surface area contributed by atoms with Crippen molar-refractivity contribution in [3.8, 4) is 0 Å². The summed E-state index contributed by atoms with van der Waals surface area (Å²) >= 11 is 0. The quantitative estimate of drug-likeness (QED) is 0.459. The fourth-order valence-electron chi connectivity index (χ4n) is 1.60. The van der Waals surface area contributed by atoms with E-state index in [0.717, 1.165) is 5.69 Å². The summed E-state index contributed by atoms with van der Waals surface area (Å²) in [6.07, 6.45) is 1.45. The Hall–Kier alpha value is -1.89. The Labute approximate surface area is 109 Å². The maximum atomic E-state index is 11.8. The highest BCUT2D eigenvalue weighted by atomic mass is 35.5. The highest BCUT2D eigenvalue weighted by Crippen LogP contribution is 1.92. The lowest BCUT2D eigenvalue weighted by atomic mass is 10.4. The average molecular weight is 273 g/mol. The van der Waals surface area contributed by atoms with Gasteiger partial charge in [0, 0.05) is 16.9 Å². The van der Waals surface area contributed by atoms with E-state index >= 15 is 0 Å². The van der Waals surface area contributed by atoms with Crippen molar-refractivity contribution in [2.24, 2.45) is 0 Å². The molecule has 2 aromatic heterocycles. The van der Waals surface area contributed by atoms with Crippen LogP contribution in [0.5, 0.6) is 0 Å². The van der Waals surface area contributed by atoms with E-state index in [1.54, 1.807) is 13.8 Å². The van der Waals surface area contributed by atoms with E-state index in [1.807, 2.05) is 0 Å². The van der Waals surface area contributed by atoms with E-state index in [0.29, 0.717) is 12.3 Å². The predicted molar refractivity (Wildman–Crippen MR) is 57.4 cm³/mol. The SMILES string of the molecule is CCOC(=O)Cn1nc[n+]2[nH]c(C)cc(=O)c12.[Cl-]. The molecule has 0 aromatic carbocycles. The van der Waals surface area contributed by atoms with Gasteiger partial charge in [0.25, 0.3) is 11.8 Å². The maximum Gasteiger partial charge on any atom is 0.344 e. The van der Waals surface area contributed by atoms with Crippen LogP contribution < -0.4 is 22.4 Å². The van der Waals surface area contributed by atoms with Crippen LogP contribution in [0.2, 0.25) is 0 Å². The van der Waals surface area contributed by atoms with Crippen LogP contribution in [0.1, 0.15) is 12.6 Å². The van der Waals surface area contributed by atoms with Crippen LogP contribution in [0.15, 0.2) is 17.2 Å². The van der Waals surface area contributed by atoms with Gasteiger partial charge in [-0.05, 0) is 13.8 Å². The van der Waals surface area contributed by atoms with Crippen LogP contribution in [0.3, 0.4) is 0 Å². The van der Waals surface area contributed by atoms with Gasteiger partial charge in [0.15, 0.2) is 0 Å². The van der Waals surface area contributed by atoms with Gasteiger partial charge in [-0.3, -0.25) is 4.79 Å². The average Bonchev–Trinajstić information content (AvgIpc) is 2.61. The number of fused-ring (bicyclic) bond motifs is 1. The highest BCUT2D eigenvalue weighted by molar-refractivity contribution is 5.69. The molecule has 7 nitrogen and oxygen atoms in total. The van der Waals surface area contributed by atoms with Crippen LogP contribution in [-0.4, -0.2) is 27.5 Å². The fraction of sp³-hybridized carbons (Fsp3) is 0.400. The normalized spacial score (nSPS) is 10.1.